The first kappa shape index (κ1) is 16.6. The molecule has 0 aromatic heterocycles. The highest BCUT2D eigenvalue weighted by molar-refractivity contribution is 6.30. The van der Waals surface area contributed by atoms with E-state index in [2.05, 4.69) is 12.2 Å². The van der Waals surface area contributed by atoms with E-state index in [-0.39, 0.29) is 0 Å². The molecule has 0 aliphatic heterocycles. The number of hydrogen-bond acceptors (Lipinski definition) is 3. The minimum atomic E-state index is -0.494. The van der Waals surface area contributed by atoms with Gasteiger partial charge in [-0.15, -0.1) is 0 Å². The Morgan fingerprint density at radius 2 is 1.90 bits per heavy atom. The second-order valence-electron chi connectivity index (χ2n) is 6.01. The number of hydrogen-bond donors (Lipinski definition) is 2. The molecule has 1 aromatic carbocycles. The van der Waals surface area contributed by atoms with Gasteiger partial charge in [0.15, 0.2) is 0 Å². The quantitative estimate of drug-likeness (QED) is 0.808. The van der Waals surface area contributed by atoms with Crippen LogP contribution in [0.2, 0.25) is 5.02 Å². The number of halogens is 1. The minimum Gasteiger partial charge on any atom is -0.491 e. The largest absolute Gasteiger partial charge is 0.491 e. The van der Waals surface area contributed by atoms with Gasteiger partial charge in [0.05, 0.1) is 0 Å². The van der Waals surface area contributed by atoms with Gasteiger partial charge >= 0.3 is 0 Å². The first-order valence-electron chi connectivity index (χ1n) is 7.95. The Hall–Kier alpha value is -0.770. The third-order valence-corrected chi connectivity index (χ3v) is 4.54. The molecular weight excluding hydrogens is 286 g/mol. The average molecular weight is 312 g/mol. The molecule has 3 nitrogen and oxygen atoms in total. The number of aliphatic hydroxyl groups excluding tert-OH is 1. The van der Waals surface area contributed by atoms with E-state index in [0.717, 1.165) is 11.7 Å². The summed E-state index contributed by atoms with van der Waals surface area (Å²) in [5, 5.41) is 14.1. The van der Waals surface area contributed by atoms with Crippen molar-refractivity contribution in [3.05, 3.63) is 29.3 Å². The van der Waals surface area contributed by atoms with Crippen LogP contribution in [0.4, 0.5) is 0 Å². The third kappa shape index (κ3) is 5.85. The van der Waals surface area contributed by atoms with Crippen LogP contribution in [0.25, 0.3) is 0 Å². The van der Waals surface area contributed by atoms with Crippen LogP contribution in [-0.2, 0) is 0 Å². The summed E-state index contributed by atoms with van der Waals surface area (Å²) < 4.78 is 5.55. The normalized spacial score (nSPS) is 19.2. The lowest BCUT2D eigenvalue weighted by molar-refractivity contribution is 0.100. The summed E-state index contributed by atoms with van der Waals surface area (Å²) in [4.78, 5) is 0. The second kappa shape index (κ2) is 8.62. The van der Waals surface area contributed by atoms with Crippen LogP contribution in [-0.4, -0.2) is 30.4 Å². The molecule has 118 valence electrons. The van der Waals surface area contributed by atoms with Crippen molar-refractivity contribution in [1.82, 2.24) is 5.32 Å². The van der Waals surface area contributed by atoms with Gasteiger partial charge < -0.3 is 15.2 Å². The Kier molecular flexibility index (Phi) is 6.81. The number of nitrogens with one attached hydrogen (secondary N) is 1. The van der Waals surface area contributed by atoms with Gasteiger partial charge in [-0.1, -0.05) is 30.9 Å². The van der Waals surface area contributed by atoms with E-state index in [9.17, 15) is 5.11 Å². The summed E-state index contributed by atoms with van der Waals surface area (Å²) in [6.45, 7) is 3.10. The average Bonchev–Trinajstić information content (AvgIpc) is 2.53. The van der Waals surface area contributed by atoms with E-state index < -0.39 is 6.10 Å². The fourth-order valence-electron chi connectivity index (χ4n) is 2.90. The fourth-order valence-corrected chi connectivity index (χ4v) is 3.03. The molecule has 0 heterocycles. The third-order valence-electron chi connectivity index (χ3n) is 4.29. The Labute approximate surface area is 132 Å². The molecule has 1 aliphatic carbocycles. The molecule has 0 radical (unpaired) electrons. The highest BCUT2D eigenvalue weighted by Gasteiger charge is 2.20. The fraction of sp³-hybridized carbons (Fsp3) is 0.647. The highest BCUT2D eigenvalue weighted by atomic mass is 35.5. The van der Waals surface area contributed by atoms with Gasteiger partial charge in [0.25, 0.3) is 0 Å². The zero-order chi connectivity index (χ0) is 15.1. The minimum absolute atomic E-state index is 0.298. The topological polar surface area (TPSA) is 41.5 Å². The van der Waals surface area contributed by atoms with Crippen molar-refractivity contribution in [1.29, 1.82) is 0 Å². The van der Waals surface area contributed by atoms with Crippen molar-refractivity contribution >= 4 is 11.6 Å². The van der Waals surface area contributed by atoms with Gasteiger partial charge in [0, 0.05) is 17.6 Å². The summed E-state index contributed by atoms with van der Waals surface area (Å²) >= 11 is 5.82. The van der Waals surface area contributed by atoms with Crippen LogP contribution in [0.3, 0.4) is 0 Å². The van der Waals surface area contributed by atoms with Gasteiger partial charge in [0.2, 0.25) is 0 Å². The van der Waals surface area contributed by atoms with Crippen molar-refractivity contribution in [2.75, 3.05) is 13.2 Å². The Morgan fingerprint density at radius 1 is 1.24 bits per heavy atom. The van der Waals surface area contributed by atoms with Crippen molar-refractivity contribution in [3.8, 4) is 5.75 Å². The number of benzene rings is 1. The second-order valence-corrected chi connectivity index (χ2v) is 6.45. The molecule has 0 amide bonds. The monoisotopic (exact) mass is 311 g/mol. The van der Waals surface area contributed by atoms with E-state index in [1.807, 2.05) is 12.1 Å². The van der Waals surface area contributed by atoms with Crippen molar-refractivity contribution in [2.24, 2.45) is 5.92 Å². The first-order valence-corrected chi connectivity index (χ1v) is 8.33. The smallest absolute Gasteiger partial charge is 0.119 e. The van der Waals surface area contributed by atoms with Crippen molar-refractivity contribution < 1.29 is 9.84 Å². The summed E-state index contributed by atoms with van der Waals surface area (Å²) in [6, 6.07) is 7.66. The van der Waals surface area contributed by atoms with Gasteiger partial charge in [-0.2, -0.15) is 0 Å². The molecule has 2 unspecified atom stereocenters. The lowest BCUT2D eigenvalue weighted by atomic mass is 9.84. The van der Waals surface area contributed by atoms with Gasteiger partial charge in [0.1, 0.15) is 18.5 Å². The van der Waals surface area contributed by atoms with Crippen molar-refractivity contribution in [2.45, 2.75) is 51.2 Å². The molecule has 1 saturated carbocycles. The predicted octanol–water partition coefficient (Wildman–Crippen LogP) is 3.64. The molecule has 1 aromatic rings. The molecule has 0 bridgehead atoms. The summed E-state index contributed by atoms with van der Waals surface area (Å²) in [7, 11) is 0. The predicted molar refractivity (Wildman–Crippen MR) is 87.0 cm³/mol. The molecular formula is C17H26ClNO2. The molecule has 2 atom stereocenters. The van der Waals surface area contributed by atoms with Crippen LogP contribution < -0.4 is 10.1 Å². The molecule has 2 N–H and O–H groups in total. The van der Waals surface area contributed by atoms with Crippen LogP contribution in [0.15, 0.2) is 24.3 Å². The lowest BCUT2D eigenvalue weighted by Gasteiger charge is -2.29. The summed E-state index contributed by atoms with van der Waals surface area (Å²) in [5.41, 5.74) is 0. The Morgan fingerprint density at radius 3 is 2.57 bits per heavy atom. The van der Waals surface area contributed by atoms with Crippen LogP contribution >= 0.6 is 11.6 Å². The molecule has 1 fully saturated rings. The molecule has 0 spiro atoms. The van der Waals surface area contributed by atoms with Crippen molar-refractivity contribution in [3.63, 3.8) is 0 Å². The van der Waals surface area contributed by atoms with E-state index in [0.29, 0.717) is 24.2 Å². The maximum atomic E-state index is 10.00. The Balaban J connectivity index is 1.64. The van der Waals surface area contributed by atoms with E-state index in [4.69, 9.17) is 16.3 Å². The maximum absolute atomic E-state index is 10.00. The number of rotatable bonds is 7. The van der Waals surface area contributed by atoms with Gasteiger partial charge in [-0.3, -0.25) is 0 Å². The van der Waals surface area contributed by atoms with Crippen LogP contribution in [0.5, 0.6) is 5.75 Å². The maximum Gasteiger partial charge on any atom is 0.119 e. The molecule has 0 saturated heterocycles. The number of ether oxygens (including phenoxy) is 1. The molecule has 1 aliphatic rings. The lowest BCUT2D eigenvalue weighted by Crippen LogP contribution is -2.40. The number of aliphatic hydroxyl groups is 1. The van der Waals surface area contributed by atoms with Crippen LogP contribution in [0, 0.1) is 5.92 Å². The summed E-state index contributed by atoms with van der Waals surface area (Å²) in [5.74, 6) is 1.49. The molecule has 21 heavy (non-hydrogen) atoms. The van der Waals surface area contributed by atoms with Gasteiger partial charge in [-0.25, -0.2) is 0 Å². The van der Waals surface area contributed by atoms with E-state index in [1.54, 1.807) is 12.1 Å². The molecule has 2 rings (SSSR count). The zero-order valence-electron chi connectivity index (χ0n) is 12.7. The summed E-state index contributed by atoms with van der Waals surface area (Å²) in [6.07, 6.45) is 6.20. The Bertz CT molecular complexity index is 404. The SMILES string of the molecule is CC(NCC(O)COc1ccc(Cl)cc1)C1CCCCC1. The zero-order valence-corrected chi connectivity index (χ0v) is 13.5. The highest BCUT2D eigenvalue weighted by Crippen LogP contribution is 2.26. The van der Waals surface area contributed by atoms with Gasteiger partial charge in [-0.05, 0) is 49.9 Å². The van der Waals surface area contributed by atoms with E-state index in [1.165, 1.54) is 32.1 Å². The first-order chi connectivity index (χ1) is 10.1. The van der Waals surface area contributed by atoms with Crippen LogP contribution in [0.1, 0.15) is 39.0 Å². The van der Waals surface area contributed by atoms with E-state index >= 15 is 0 Å². The standard InChI is InChI=1S/C17H26ClNO2/c1-13(14-5-3-2-4-6-14)19-11-16(20)12-21-17-9-7-15(18)8-10-17/h7-10,13-14,16,19-20H,2-6,11-12H2,1H3. The molecule has 4 heteroatoms.